The van der Waals surface area contributed by atoms with Crippen LogP contribution in [0, 0.1) is 0 Å². The molecule has 0 saturated carbocycles. The summed E-state index contributed by atoms with van der Waals surface area (Å²) in [4.78, 5) is 11.3. The molecule has 0 aliphatic carbocycles. The van der Waals surface area contributed by atoms with Crippen LogP contribution in [-0.4, -0.2) is 23.7 Å². The van der Waals surface area contributed by atoms with E-state index in [-0.39, 0.29) is 12.0 Å². The number of aliphatic hydroxyl groups excluding tert-OH is 1. The molecule has 0 aliphatic heterocycles. The Hall–Kier alpha value is -1.29. The molecule has 1 unspecified atom stereocenters. The number of hydrogen-bond donors (Lipinski definition) is 2. The fourth-order valence-corrected chi connectivity index (χ4v) is 1.05. The summed E-state index contributed by atoms with van der Waals surface area (Å²) in [5.41, 5.74) is 0. The van der Waals surface area contributed by atoms with Gasteiger partial charge >= 0.3 is 0 Å². The van der Waals surface area contributed by atoms with Crippen molar-refractivity contribution in [1.29, 1.82) is 0 Å². The molecule has 4 heteroatoms. The van der Waals surface area contributed by atoms with Crippen molar-refractivity contribution >= 4 is 5.91 Å². The van der Waals surface area contributed by atoms with Gasteiger partial charge in [-0.1, -0.05) is 6.92 Å². The maximum atomic E-state index is 11.3. The van der Waals surface area contributed by atoms with Crippen molar-refractivity contribution in [2.75, 3.05) is 6.54 Å². The number of rotatable bonds is 5. The largest absolute Gasteiger partial charge is 0.459 e. The van der Waals surface area contributed by atoms with Crippen molar-refractivity contribution in [1.82, 2.24) is 5.32 Å². The SMILES string of the molecule is CCC(O)CCNC(=O)c1ccco1. The van der Waals surface area contributed by atoms with E-state index in [4.69, 9.17) is 4.42 Å². The molecule has 0 radical (unpaired) electrons. The van der Waals surface area contributed by atoms with E-state index < -0.39 is 0 Å². The zero-order chi connectivity index (χ0) is 10.4. The Labute approximate surface area is 82.9 Å². The molecule has 0 saturated heterocycles. The summed E-state index contributed by atoms with van der Waals surface area (Å²) in [7, 11) is 0. The van der Waals surface area contributed by atoms with Crippen LogP contribution in [0.25, 0.3) is 0 Å². The first-order valence-electron chi connectivity index (χ1n) is 4.73. The van der Waals surface area contributed by atoms with Crippen molar-refractivity contribution < 1.29 is 14.3 Å². The van der Waals surface area contributed by atoms with Crippen LogP contribution in [0.2, 0.25) is 0 Å². The lowest BCUT2D eigenvalue weighted by Gasteiger charge is -2.07. The second-order valence-corrected chi connectivity index (χ2v) is 3.08. The highest BCUT2D eigenvalue weighted by atomic mass is 16.3. The highest BCUT2D eigenvalue weighted by Crippen LogP contribution is 2.00. The predicted molar refractivity (Wildman–Crippen MR) is 52.0 cm³/mol. The number of carbonyl (C=O) groups excluding carboxylic acids is 1. The minimum atomic E-state index is -0.341. The Kier molecular flexibility index (Phi) is 4.19. The zero-order valence-electron chi connectivity index (χ0n) is 8.19. The van der Waals surface area contributed by atoms with Gasteiger partial charge in [-0.25, -0.2) is 0 Å². The highest BCUT2D eigenvalue weighted by molar-refractivity contribution is 5.91. The van der Waals surface area contributed by atoms with E-state index in [2.05, 4.69) is 5.32 Å². The number of aliphatic hydroxyl groups is 1. The van der Waals surface area contributed by atoms with Crippen molar-refractivity contribution in [3.63, 3.8) is 0 Å². The van der Waals surface area contributed by atoms with Gasteiger partial charge in [0.1, 0.15) is 0 Å². The molecule has 78 valence electrons. The number of furan rings is 1. The Balaban J connectivity index is 2.23. The van der Waals surface area contributed by atoms with E-state index in [1.807, 2.05) is 6.92 Å². The molecular formula is C10H15NO3. The smallest absolute Gasteiger partial charge is 0.286 e. The third-order valence-electron chi connectivity index (χ3n) is 1.98. The van der Waals surface area contributed by atoms with Gasteiger partial charge in [0.2, 0.25) is 0 Å². The third kappa shape index (κ3) is 3.22. The van der Waals surface area contributed by atoms with Crippen LogP contribution in [0.4, 0.5) is 0 Å². The molecule has 0 aromatic carbocycles. The standard InChI is InChI=1S/C10H15NO3/c1-2-8(12)5-6-11-10(13)9-4-3-7-14-9/h3-4,7-8,12H,2,5-6H2,1H3,(H,11,13). The number of nitrogens with one attached hydrogen (secondary N) is 1. The first-order chi connectivity index (χ1) is 6.74. The quantitative estimate of drug-likeness (QED) is 0.744. The van der Waals surface area contributed by atoms with E-state index in [1.165, 1.54) is 6.26 Å². The van der Waals surface area contributed by atoms with Gasteiger partial charge in [-0.15, -0.1) is 0 Å². The summed E-state index contributed by atoms with van der Waals surface area (Å²) < 4.78 is 4.90. The molecule has 1 aromatic heterocycles. The second kappa shape index (κ2) is 5.44. The van der Waals surface area contributed by atoms with Crippen LogP contribution in [0.1, 0.15) is 30.3 Å². The maximum Gasteiger partial charge on any atom is 0.286 e. The van der Waals surface area contributed by atoms with Gasteiger partial charge in [0.05, 0.1) is 12.4 Å². The van der Waals surface area contributed by atoms with Gasteiger partial charge < -0.3 is 14.8 Å². The van der Waals surface area contributed by atoms with Crippen LogP contribution in [0.15, 0.2) is 22.8 Å². The molecule has 14 heavy (non-hydrogen) atoms. The molecule has 2 N–H and O–H groups in total. The zero-order valence-corrected chi connectivity index (χ0v) is 8.19. The average molecular weight is 197 g/mol. The minimum absolute atomic E-state index is 0.238. The Morgan fingerprint density at radius 2 is 2.50 bits per heavy atom. The highest BCUT2D eigenvalue weighted by Gasteiger charge is 2.07. The van der Waals surface area contributed by atoms with Crippen LogP contribution in [-0.2, 0) is 0 Å². The lowest BCUT2D eigenvalue weighted by Crippen LogP contribution is -2.26. The maximum absolute atomic E-state index is 11.3. The summed E-state index contributed by atoms with van der Waals surface area (Å²) in [6.07, 6.45) is 2.39. The fourth-order valence-electron chi connectivity index (χ4n) is 1.05. The van der Waals surface area contributed by atoms with Gasteiger partial charge in [0.15, 0.2) is 5.76 Å². The van der Waals surface area contributed by atoms with Gasteiger partial charge in [-0.05, 0) is 25.0 Å². The average Bonchev–Trinajstić information content (AvgIpc) is 2.70. The first-order valence-corrected chi connectivity index (χ1v) is 4.73. The van der Waals surface area contributed by atoms with E-state index >= 15 is 0 Å². The topological polar surface area (TPSA) is 62.5 Å². The Morgan fingerprint density at radius 1 is 1.71 bits per heavy atom. The lowest BCUT2D eigenvalue weighted by molar-refractivity contribution is 0.0914. The molecule has 1 aromatic rings. The summed E-state index contributed by atoms with van der Waals surface area (Å²) in [6, 6.07) is 3.27. The first kappa shape index (κ1) is 10.8. The third-order valence-corrected chi connectivity index (χ3v) is 1.98. The monoisotopic (exact) mass is 197 g/mol. The Bertz CT molecular complexity index is 269. The normalized spacial score (nSPS) is 12.4. The second-order valence-electron chi connectivity index (χ2n) is 3.08. The molecule has 0 spiro atoms. The molecule has 1 atom stereocenters. The van der Waals surface area contributed by atoms with E-state index in [9.17, 15) is 9.90 Å². The van der Waals surface area contributed by atoms with Crippen molar-refractivity contribution in [2.45, 2.75) is 25.9 Å². The van der Waals surface area contributed by atoms with E-state index in [1.54, 1.807) is 12.1 Å². The summed E-state index contributed by atoms with van der Waals surface area (Å²) in [6.45, 7) is 2.37. The van der Waals surface area contributed by atoms with Gasteiger partial charge in [0.25, 0.3) is 5.91 Å². The number of amides is 1. The number of hydrogen-bond acceptors (Lipinski definition) is 3. The fraction of sp³-hybridized carbons (Fsp3) is 0.500. The number of carbonyl (C=O) groups is 1. The Morgan fingerprint density at radius 3 is 3.07 bits per heavy atom. The van der Waals surface area contributed by atoms with Gasteiger partial charge in [-0.2, -0.15) is 0 Å². The molecular weight excluding hydrogens is 182 g/mol. The van der Waals surface area contributed by atoms with Crippen LogP contribution in [0.3, 0.4) is 0 Å². The van der Waals surface area contributed by atoms with Gasteiger partial charge in [0, 0.05) is 6.54 Å². The molecule has 0 bridgehead atoms. The molecule has 1 heterocycles. The van der Waals surface area contributed by atoms with Crippen LogP contribution < -0.4 is 5.32 Å². The van der Waals surface area contributed by atoms with E-state index in [0.29, 0.717) is 25.1 Å². The lowest BCUT2D eigenvalue weighted by atomic mass is 10.2. The summed E-state index contributed by atoms with van der Waals surface area (Å²) in [5.74, 6) is 0.0642. The van der Waals surface area contributed by atoms with Gasteiger partial charge in [-0.3, -0.25) is 4.79 Å². The molecule has 1 rings (SSSR count). The molecule has 0 fully saturated rings. The molecule has 4 nitrogen and oxygen atoms in total. The predicted octanol–water partition coefficient (Wildman–Crippen LogP) is 1.17. The molecule has 0 aliphatic rings. The molecule has 1 amide bonds. The van der Waals surface area contributed by atoms with Crippen molar-refractivity contribution in [2.24, 2.45) is 0 Å². The van der Waals surface area contributed by atoms with Crippen molar-refractivity contribution in [3.05, 3.63) is 24.2 Å². The minimum Gasteiger partial charge on any atom is -0.459 e. The van der Waals surface area contributed by atoms with E-state index in [0.717, 1.165) is 0 Å². The summed E-state index contributed by atoms with van der Waals surface area (Å²) in [5, 5.41) is 11.9. The summed E-state index contributed by atoms with van der Waals surface area (Å²) >= 11 is 0. The van der Waals surface area contributed by atoms with Crippen molar-refractivity contribution in [3.8, 4) is 0 Å². The van der Waals surface area contributed by atoms with Crippen LogP contribution in [0.5, 0.6) is 0 Å². The van der Waals surface area contributed by atoms with Crippen LogP contribution >= 0.6 is 0 Å².